The van der Waals surface area contributed by atoms with Crippen molar-refractivity contribution in [3.63, 3.8) is 0 Å². The van der Waals surface area contributed by atoms with Crippen molar-refractivity contribution in [3.8, 4) is 0 Å². The van der Waals surface area contributed by atoms with Crippen molar-refractivity contribution in [2.24, 2.45) is 0 Å². The zero-order valence-corrected chi connectivity index (χ0v) is 16.7. The van der Waals surface area contributed by atoms with Crippen molar-refractivity contribution < 1.29 is 4.74 Å². The van der Waals surface area contributed by atoms with Gasteiger partial charge in [-0.1, -0.05) is 91.0 Å². The Morgan fingerprint density at radius 2 is 1.25 bits per heavy atom. The Bertz CT molecular complexity index is 967. The van der Waals surface area contributed by atoms with E-state index in [4.69, 9.17) is 4.74 Å². The third-order valence-corrected chi connectivity index (χ3v) is 7.20. The molecular weight excluding hydrogens is 361 g/mol. The molecule has 0 N–H and O–H groups in total. The normalized spacial score (nSPS) is 12.1. The van der Waals surface area contributed by atoms with Crippen LogP contribution in [-0.4, -0.2) is 12.1 Å². The van der Waals surface area contributed by atoms with E-state index in [1.54, 1.807) is 7.11 Å². The summed E-state index contributed by atoms with van der Waals surface area (Å²) in [4.78, 5) is 4.55. The highest BCUT2D eigenvalue weighted by molar-refractivity contribution is 7.79. The second-order valence-corrected chi connectivity index (χ2v) is 8.62. The summed E-state index contributed by atoms with van der Waals surface area (Å²) < 4.78 is 5.93. The van der Waals surface area contributed by atoms with E-state index in [1.807, 2.05) is 24.4 Å². The third kappa shape index (κ3) is 3.89. The highest BCUT2D eigenvalue weighted by Crippen LogP contribution is 2.37. The number of pyridine rings is 1. The van der Waals surface area contributed by atoms with Crippen molar-refractivity contribution in [2.75, 3.05) is 7.11 Å². The Kier molecular flexibility index (Phi) is 5.92. The van der Waals surface area contributed by atoms with E-state index in [9.17, 15) is 0 Å². The number of nitrogens with zero attached hydrogens (tertiary/aromatic N) is 1. The molecule has 0 radical (unpaired) electrons. The Morgan fingerprint density at radius 3 is 1.82 bits per heavy atom. The lowest BCUT2D eigenvalue weighted by atomic mass is 10.1. The van der Waals surface area contributed by atoms with E-state index in [0.29, 0.717) is 0 Å². The molecule has 1 heterocycles. The summed E-state index contributed by atoms with van der Waals surface area (Å²) in [5, 5.41) is 3.95. The molecule has 0 saturated heterocycles. The third-order valence-electron chi connectivity index (χ3n) is 4.68. The van der Waals surface area contributed by atoms with E-state index in [2.05, 4.69) is 89.9 Å². The molecule has 0 saturated carbocycles. The molecule has 0 unspecified atom stereocenters. The zero-order valence-electron chi connectivity index (χ0n) is 15.8. The van der Waals surface area contributed by atoms with Gasteiger partial charge in [0.1, 0.15) is 6.10 Å². The molecule has 0 bridgehead atoms. The summed E-state index contributed by atoms with van der Waals surface area (Å²) in [6.45, 7) is 0. The van der Waals surface area contributed by atoms with Crippen LogP contribution in [0.4, 0.5) is 0 Å². The Balaban J connectivity index is 1.89. The molecule has 2 nitrogen and oxygen atoms in total. The van der Waals surface area contributed by atoms with Gasteiger partial charge in [0.05, 0.1) is 5.69 Å². The first-order valence-corrected chi connectivity index (χ1v) is 10.7. The van der Waals surface area contributed by atoms with Crippen LogP contribution >= 0.6 is 7.92 Å². The molecule has 0 fully saturated rings. The Hall–Kier alpha value is -2.80. The molecule has 0 aliphatic carbocycles. The van der Waals surface area contributed by atoms with Crippen LogP contribution in [0.2, 0.25) is 0 Å². The first-order valence-electron chi connectivity index (χ1n) is 9.31. The summed E-state index contributed by atoms with van der Waals surface area (Å²) >= 11 is 0. The van der Waals surface area contributed by atoms with Gasteiger partial charge in [0.15, 0.2) is 0 Å². The molecule has 138 valence electrons. The van der Waals surface area contributed by atoms with Gasteiger partial charge >= 0.3 is 0 Å². The predicted molar refractivity (Wildman–Crippen MR) is 118 cm³/mol. The minimum absolute atomic E-state index is 0.199. The number of methoxy groups -OCH3 is 1. The molecule has 0 spiro atoms. The maximum Gasteiger partial charge on any atom is 0.125 e. The SMILES string of the molecule is CO[C@@H](c1ccccn1)c1ccccc1P(c1ccccc1)c1ccccc1. The average Bonchev–Trinajstić information content (AvgIpc) is 2.78. The maximum atomic E-state index is 5.93. The van der Waals surface area contributed by atoms with Gasteiger partial charge in [-0.15, -0.1) is 0 Å². The quantitative estimate of drug-likeness (QED) is 0.455. The van der Waals surface area contributed by atoms with E-state index in [-0.39, 0.29) is 6.10 Å². The van der Waals surface area contributed by atoms with Gasteiger partial charge < -0.3 is 4.74 Å². The van der Waals surface area contributed by atoms with Crippen molar-refractivity contribution in [3.05, 3.63) is 121 Å². The van der Waals surface area contributed by atoms with Crippen molar-refractivity contribution in [1.82, 2.24) is 4.98 Å². The summed E-state index contributed by atoms with van der Waals surface area (Å²) in [6, 6.07) is 36.0. The Labute approximate surface area is 167 Å². The van der Waals surface area contributed by atoms with Gasteiger partial charge in [0.2, 0.25) is 0 Å². The molecule has 0 amide bonds. The smallest absolute Gasteiger partial charge is 0.125 e. The average molecular weight is 383 g/mol. The predicted octanol–water partition coefficient (Wildman–Crippen LogP) is 4.58. The van der Waals surface area contributed by atoms with Crippen LogP contribution in [-0.2, 0) is 4.74 Å². The van der Waals surface area contributed by atoms with Crippen molar-refractivity contribution in [1.29, 1.82) is 0 Å². The van der Waals surface area contributed by atoms with Gasteiger partial charge in [-0.05, 0) is 41.5 Å². The second-order valence-electron chi connectivity index (χ2n) is 6.44. The van der Waals surface area contributed by atoms with Crippen LogP contribution in [0.15, 0.2) is 109 Å². The molecule has 4 rings (SSSR count). The molecule has 4 aromatic rings. The molecule has 3 aromatic carbocycles. The minimum Gasteiger partial charge on any atom is -0.370 e. The van der Waals surface area contributed by atoms with Crippen molar-refractivity contribution in [2.45, 2.75) is 6.10 Å². The largest absolute Gasteiger partial charge is 0.370 e. The van der Waals surface area contributed by atoms with Crippen molar-refractivity contribution >= 4 is 23.8 Å². The summed E-state index contributed by atoms with van der Waals surface area (Å²) in [7, 11) is 1.05. The van der Waals surface area contributed by atoms with Crippen LogP contribution in [0, 0.1) is 0 Å². The van der Waals surface area contributed by atoms with Gasteiger partial charge in [-0.25, -0.2) is 0 Å². The monoisotopic (exact) mass is 383 g/mol. The lowest BCUT2D eigenvalue weighted by Crippen LogP contribution is -2.25. The number of aromatic nitrogens is 1. The number of benzene rings is 3. The van der Waals surface area contributed by atoms with Gasteiger partial charge in [0.25, 0.3) is 0 Å². The fourth-order valence-corrected chi connectivity index (χ4v) is 5.91. The molecule has 28 heavy (non-hydrogen) atoms. The molecule has 1 aromatic heterocycles. The fourth-order valence-electron chi connectivity index (χ4n) is 3.43. The summed E-state index contributed by atoms with van der Waals surface area (Å²) in [5.74, 6) is 0. The van der Waals surface area contributed by atoms with Crippen LogP contribution in [0.1, 0.15) is 17.4 Å². The highest BCUT2D eigenvalue weighted by Gasteiger charge is 2.24. The van der Waals surface area contributed by atoms with E-state index in [0.717, 1.165) is 5.69 Å². The van der Waals surface area contributed by atoms with Crippen LogP contribution in [0.3, 0.4) is 0 Å². The number of hydrogen-bond donors (Lipinski definition) is 0. The van der Waals surface area contributed by atoms with E-state index < -0.39 is 7.92 Å². The summed E-state index contributed by atoms with van der Waals surface area (Å²) in [5.41, 5.74) is 2.09. The topological polar surface area (TPSA) is 22.1 Å². The molecule has 0 aliphatic rings. The van der Waals surface area contributed by atoms with Gasteiger partial charge in [-0.3, -0.25) is 4.98 Å². The number of ether oxygens (including phenoxy) is 1. The minimum atomic E-state index is -0.703. The Morgan fingerprint density at radius 1 is 0.679 bits per heavy atom. The first-order chi connectivity index (χ1) is 13.9. The number of rotatable bonds is 6. The van der Waals surface area contributed by atoms with E-state index in [1.165, 1.54) is 21.5 Å². The molecular formula is C25H22NOP. The standard InChI is InChI=1S/C25H22NOP/c1-27-25(23-17-10-11-19-26-23)22-16-8-9-18-24(22)28(20-12-4-2-5-13-20)21-14-6-3-7-15-21/h2-19,25H,1H3/t25-/m1/s1. The van der Waals surface area contributed by atoms with Gasteiger partial charge in [-0.2, -0.15) is 0 Å². The van der Waals surface area contributed by atoms with E-state index >= 15 is 0 Å². The lowest BCUT2D eigenvalue weighted by molar-refractivity contribution is 0.133. The summed E-state index contributed by atoms with van der Waals surface area (Å²) in [6.07, 6.45) is 1.62. The molecule has 1 atom stereocenters. The van der Waals surface area contributed by atoms with Crippen LogP contribution in [0.25, 0.3) is 0 Å². The lowest BCUT2D eigenvalue weighted by Gasteiger charge is -2.25. The second kappa shape index (κ2) is 8.93. The number of hydrogen-bond acceptors (Lipinski definition) is 2. The first kappa shape index (κ1) is 18.6. The molecule has 0 aliphatic heterocycles. The zero-order chi connectivity index (χ0) is 19.2. The molecule has 3 heteroatoms. The van der Waals surface area contributed by atoms with Gasteiger partial charge in [0, 0.05) is 13.3 Å². The fraction of sp³-hybridized carbons (Fsp3) is 0.0800. The highest BCUT2D eigenvalue weighted by atomic mass is 31.1. The van der Waals surface area contributed by atoms with Crippen LogP contribution in [0.5, 0.6) is 0 Å². The maximum absolute atomic E-state index is 5.93. The van der Waals surface area contributed by atoms with Crippen LogP contribution < -0.4 is 15.9 Å².